The van der Waals surface area contributed by atoms with Gasteiger partial charge < -0.3 is 9.64 Å². The second-order valence-electron chi connectivity index (χ2n) is 7.61. The van der Waals surface area contributed by atoms with Crippen molar-refractivity contribution in [3.8, 4) is 22.6 Å². The van der Waals surface area contributed by atoms with Crippen molar-refractivity contribution in [2.24, 2.45) is 0 Å². The number of H-pyrrole nitrogens is 1. The lowest BCUT2D eigenvalue weighted by atomic mass is 10.0. The highest BCUT2D eigenvalue weighted by Crippen LogP contribution is 2.35. The van der Waals surface area contributed by atoms with E-state index in [2.05, 4.69) is 55.8 Å². The van der Waals surface area contributed by atoms with Crippen LogP contribution in [0.3, 0.4) is 0 Å². The number of rotatable bonds is 5. The van der Waals surface area contributed by atoms with Gasteiger partial charge in [-0.1, -0.05) is 6.92 Å². The van der Waals surface area contributed by atoms with Crippen molar-refractivity contribution in [3.05, 3.63) is 42.9 Å². The van der Waals surface area contributed by atoms with Crippen LogP contribution in [-0.2, 0) is 11.3 Å². The molecule has 1 unspecified atom stereocenters. The molecule has 0 bridgehead atoms. The zero-order valence-corrected chi connectivity index (χ0v) is 17.2. The number of aryl methyl sites for hydroxylation is 1. The van der Waals surface area contributed by atoms with Crippen LogP contribution in [0.4, 0.5) is 5.82 Å². The summed E-state index contributed by atoms with van der Waals surface area (Å²) in [6.45, 7) is 7.42. The largest absolute Gasteiger partial charge is 0.377 e. The van der Waals surface area contributed by atoms with Gasteiger partial charge in [-0.05, 0) is 37.6 Å². The second-order valence-corrected chi connectivity index (χ2v) is 7.61. The predicted octanol–water partition coefficient (Wildman–Crippen LogP) is 3.52. The van der Waals surface area contributed by atoms with E-state index < -0.39 is 0 Å². The highest BCUT2D eigenvalue weighted by molar-refractivity contribution is 6.01. The van der Waals surface area contributed by atoms with Gasteiger partial charge in [0.05, 0.1) is 30.6 Å². The number of pyridine rings is 2. The molecule has 1 saturated heterocycles. The van der Waals surface area contributed by atoms with Crippen LogP contribution >= 0.6 is 0 Å². The van der Waals surface area contributed by atoms with Gasteiger partial charge in [0.25, 0.3) is 0 Å². The zero-order valence-electron chi connectivity index (χ0n) is 17.2. The summed E-state index contributed by atoms with van der Waals surface area (Å²) in [4.78, 5) is 12.0. The van der Waals surface area contributed by atoms with Gasteiger partial charge in [-0.3, -0.25) is 14.8 Å². The number of aromatic amines is 1. The Morgan fingerprint density at radius 2 is 2.13 bits per heavy atom. The monoisotopic (exact) mass is 403 g/mol. The second kappa shape index (κ2) is 7.87. The van der Waals surface area contributed by atoms with Crippen LogP contribution in [0, 0.1) is 0 Å². The molecule has 0 saturated carbocycles. The van der Waals surface area contributed by atoms with E-state index in [0.29, 0.717) is 13.2 Å². The number of ether oxygens (including phenoxy) is 1. The average molecular weight is 403 g/mol. The Morgan fingerprint density at radius 3 is 2.93 bits per heavy atom. The molecule has 0 spiro atoms. The number of hydrogen-bond acceptors (Lipinski definition) is 6. The van der Waals surface area contributed by atoms with Crippen LogP contribution in [0.15, 0.2) is 42.9 Å². The Bertz CT molecular complexity index is 1150. The summed E-state index contributed by atoms with van der Waals surface area (Å²) in [6, 6.07) is 8.48. The van der Waals surface area contributed by atoms with Crippen LogP contribution in [0.5, 0.6) is 0 Å². The lowest BCUT2D eigenvalue weighted by Gasteiger charge is -2.34. The van der Waals surface area contributed by atoms with Gasteiger partial charge >= 0.3 is 0 Å². The minimum Gasteiger partial charge on any atom is -0.377 e. The SMILES string of the molecule is CCCn1nccc1-c1cc(N2CCOCC2C)nc2c(-c3ccn[nH]3)nccc12. The van der Waals surface area contributed by atoms with E-state index >= 15 is 0 Å². The number of morpholine rings is 1. The number of nitrogens with one attached hydrogen (secondary N) is 1. The fourth-order valence-electron chi connectivity index (χ4n) is 4.10. The summed E-state index contributed by atoms with van der Waals surface area (Å²) in [5.41, 5.74) is 4.72. The van der Waals surface area contributed by atoms with E-state index in [9.17, 15) is 0 Å². The minimum atomic E-state index is 0.254. The maximum Gasteiger partial charge on any atom is 0.130 e. The Labute approximate surface area is 174 Å². The van der Waals surface area contributed by atoms with E-state index in [0.717, 1.165) is 58.9 Å². The molecule has 8 nitrogen and oxygen atoms in total. The quantitative estimate of drug-likeness (QED) is 0.549. The first-order chi connectivity index (χ1) is 14.8. The normalized spacial score (nSPS) is 17.0. The molecule has 0 aromatic carbocycles. The Morgan fingerprint density at radius 1 is 1.20 bits per heavy atom. The molecule has 0 radical (unpaired) electrons. The molecule has 4 aromatic rings. The third-order valence-electron chi connectivity index (χ3n) is 5.56. The fourth-order valence-corrected chi connectivity index (χ4v) is 4.10. The van der Waals surface area contributed by atoms with Gasteiger partial charge in [0.2, 0.25) is 0 Å². The molecule has 4 aromatic heterocycles. The van der Waals surface area contributed by atoms with Gasteiger partial charge in [0, 0.05) is 42.6 Å². The van der Waals surface area contributed by atoms with E-state index in [1.807, 2.05) is 24.5 Å². The predicted molar refractivity (Wildman–Crippen MR) is 116 cm³/mol. The highest BCUT2D eigenvalue weighted by Gasteiger charge is 2.23. The molecule has 1 aliphatic rings. The van der Waals surface area contributed by atoms with Crippen molar-refractivity contribution in [2.75, 3.05) is 24.7 Å². The first-order valence-corrected chi connectivity index (χ1v) is 10.4. The Kier molecular flexibility index (Phi) is 4.92. The summed E-state index contributed by atoms with van der Waals surface area (Å²) in [6.07, 6.45) is 6.46. The third-order valence-corrected chi connectivity index (χ3v) is 5.56. The summed E-state index contributed by atoms with van der Waals surface area (Å²) < 4.78 is 7.72. The van der Waals surface area contributed by atoms with Gasteiger partial charge in [-0.25, -0.2) is 4.98 Å². The van der Waals surface area contributed by atoms with Crippen LogP contribution in [-0.4, -0.2) is 55.7 Å². The first kappa shape index (κ1) is 18.7. The van der Waals surface area contributed by atoms with E-state index in [1.54, 1.807) is 6.20 Å². The molecule has 1 fully saturated rings. The van der Waals surface area contributed by atoms with E-state index in [4.69, 9.17) is 9.72 Å². The lowest BCUT2D eigenvalue weighted by Crippen LogP contribution is -2.44. The van der Waals surface area contributed by atoms with Crippen LogP contribution in [0.2, 0.25) is 0 Å². The van der Waals surface area contributed by atoms with E-state index in [-0.39, 0.29) is 6.04 Å². The number of fused-ring (bicyclic) bond motifs is 1. The molecule has 1 aliphatic heterocycles. The maximum absolute atomic E-state index is 5.65. The molecular weight excluding hydrogens is 378 g/mol. The molecule has 0 aliphatic carbocycles. The molecule has 5 heterocycles. The van der Waals surface area contributed by atoms with Crippen molar-refractivity contribution in [3.63, 3.8) is 0 Å². The number of nitrogens with zero attached hydrogens (tertiary/aromatic N) is 6. The number of hydrogen-bond donors (Lipinski definition) is 1. The maximum atomic E-state index is 5.65. The van der Waals surface area contributed by atoms with Crippen LogP contribution < -0.4 is 4.90 Å². The van der Waals surface area contributed by atoms with Crippen LogP contribution in [0.25, 0.3) is 33.5 Å². The zero-order chi connectivity index (χ0) is 20.5. The molecule has 1 atom stereocenters. The Hall–Kier alpha value is -3.26. The van der Waals surface area contributed by atoms with Crippen molar-refractivity contribution < 1.29 is 4.74 Å². The summed E-state index contributed by atoms with van der Waals surface area (Å²) in [7, 11) is 0. The van der Waals surface area contributed by atoms with Crippen molar-refractivity contribution in [1.82, 2.24) is 29.9 Å². The standard InChI is InChI=1S/C22H25N7O/c1-3-10-29-19(6-9-25-29)17-13-20(28-11-12-30-14-15(28)2)26-21-16(17)4-7-23-22(21)18-5-8-24-27-18/h4-9,13,15H,3,10-12,14H2,1-2H3,(H,24,27). The molecule has 0 amide bonds. The van der Waals surface area contributed by atoms with Gasteiger partial charge in [0.15, 0.2) is 0 Å². The fraction of sp³-hybridized carbons (Fsp3) is 0.364. The molecular formula is C22H25N7O. The minimum absolute atomic E-state index is 0.254. The topological polar surface area (TPSA) is 84.8 Å². The van der Waals surface area contributed by atoms with Crippen LogP contribution in [0.1, 0.15) is 20.3 Å². The molecule has 1 N–H and O–H groups in total. The van der Waals surface area contributed by atoms with Crippen molar-refractivity contribution in [2.45, 2.75) is 32.9 Å². The van der Waals surface area contributed by atoms with E-state index in [1.165, 1.54) is 0 Å². The molecule has 154 valence electrons. The molecule has 8 heteroatoms. The summed E-state index contributed by atoms with van der Waals surface area (Å²) >= 11 is 0. The third kappa shape index (κ3) is 3.23. The smallest absolute Gasteiger partial charge is 0.130 e. The summed E-state index contributed by atoms with van der Waals surface area (Å²) in [5.74, 6) is 0.936. The number of anilines is 1. The summed E-state index contributed by atoms with van der Waals surface area (Å²) in [5, 5.41) is 12.7. The van der Waals surface area contributed by atoms with Gasteiger partial charge in [-0.15, -0.1) is 0 Å². The van der Waals surface area contributed by atoms with Gasteiger partial charge in [-0.2, -0.15) is 10.2 Å². The Balaban J connectivity index is 1.77. The number of aromatic nitrogens is 6. The molecule has 5 rings (SSSR count). The lowest BCUT2D eigenvalue weighted by molar-refractivity contribution is 0.0986. The van der Waals surface area contributed by atoms with Crippen molar-refractivity contribution in [1.29, 1.82) is 0 Å². The highest BCUT2D eigenvalue weighted by atomic mass is 16.5. The molecule has 30 heavy (non-hydrogen) atoms. The van der Waals surface area contributed by atoms with Gasteiger partial charge in [0.1, 0.15) is 17.0 Å². The first-order valence-electron chi connectivity index (χ1n) is 10.4. The average Bonchev–Trinajstić information content (AvgIpc) is 3.45. The van der Waals surface area contributed by atoms with Crippen molar-refractivity contribution >= 4 is 16.7 Å².